The number of anilines is 1. The van der Waals surface area contributed by atoms with E-state index in [2.05, 4.69) is 67.3 Å². The van der Waals surface area contributed by atoms with Crippen LogP contribution in [-0.4, -0.2) is 45.2 Å². The molecule has 0 spiro atoms. The van der Waals surface area contributed by atoms with Gasteiger partial charge in [-0.05, 0) is 57.5 Å². The predicted octanol–water partition coefficient (Wildman–Crippen LogP) is 3.14. The van der Waals surface area contributed by atoms with E-state index in [4.69, 9.17) is 0 Å². The molecule has 1 N–H and O–H groups in total. The first kappa shape index (κ1) is 16.3. The monoisotopic (exact) mass is 289 g/mol. The third-order valence-electron chi connectivity index (χ3n) is 4.54. The van der Waals surface area contributed by atoms with E-state index in [1.165, 1.54) is 37.2 Å². The third-order valence-corrected chi connectivity index (χ3v) is 4.54. The van der Waals surface area contributed by atoms with Crippen LogP contribution in [0.4, 0.5) is 5.69 Å². The van der Waals surface area contributed by atoms with Crippen LogP contribution in [0.5, 0.6) is 0 Å². The van der Waals surface area contributed by atoms with E-state index < -0.39 is 0 Å². The van der Waals surface area contributed by atoms with Gasteiger partial charge in [-0.15, -0.1) is 0 Å². The molecule has 3 heteroatoms. The van der Waals surface area contributed by atoms with Crippen LogP contribution in [0.2, 0.25) is 0 Å². The molecular weight excluding hydrogens is 258 g/mol. The summed E-state index contributed by atoms with van der Waals surface area (Å²) in [5, 5.41) is 3.61. The van der Waals surface area contributed by atoms with E-state index in [9.17, 15) is 0 Å². The van der Waals surface area contributed by atoms with Gasteiger partial charge in [0.15, 0.2) is 0 Å². The molecule has 2 atom stereocenters. The Labute approximate surface area is 130 Å². The van der Waals surface area contributed by atoms with Crippen molar-refractivity contribution >= 4 is 5.69 Å². The molecule has 1 fully saturated rings. The van der Waals surface area contributed by atoms with Gasteiger partial charge in [0.2, 0.25) is 0 Å². The van der Waals surface area contributed by atoms with Gasteiger partial charge in [0.1, 0.15) is 0 Å². The van der Waals surface area contributed by atoms with E-state index >= 15 is 0 Å². The Balaban J connectivity index is 2.04. The Morgan fingerprint density at radius 1 is 1.38 bits per heavy atom. The topological polar surface area (TPSA) is 18.5 Å². The molecule has 0 saturated carbocycles. The van der Waals surface area contributed by atoms with Crippen LogP contribution in [-0.2, 0) is 0 Å². The van der Waals surface area contributed by atoms with Crippen LogP contribution in [0.15, 0.2) is 24.3 Å². The normalized spacial score (nSPS) is 20.7. The molecule has 2 unspecified atom stereocenters. The Morgan fingerprint density at radius 3 is 2.81 bits per heavy atom. The standard InChI is InChI=1S/C18H31N3/c1-5-11-19-15(2)17-8-6-7-9-18(17)21(4)14-16-10-12-20(3)13-16/h6-9,15-16,19H,5,10-14H2,1-4H3. The van der Waals surface area contributed by atoms with Gasteiger partial charge in [0.05, 0.1) is 0 Å². The zero-order chi connectivity index (χ0) is 15.2. The molecule has 1 aliphatic rings. The lowest BCUT2D eigenvalue weighted by molar-refractivity contribution is 0.395. The van der Waals surface area contributed by atoms with Crippen LogP contribution in [0.3, 0.4) is 0 Å². The van der Waals surface area contributed by atoms with Crippen molar-refractivity contribution in [3.05, 3.63) is 29.8 Å². The van der Waals surface area contributed by atoms with Gasteiger partial charge in [0.25, 0.3) is 0 Å². The highest BCUT2D eigenvalue weighted by Gasteiger charge is 2.22. The van der Waals surface area contributed by atoms with Crippen LogP contribution >= 0.6 is 0 Å². The van der Waals surface area contributed by atoms with Crippen molar-refractivity contribution < 1.29 is 0 Å². The average molecular weight is 289 g/mol. The van der Waals surface area contributed by atoms with Crippen LogP contribution in [0, 0.1) is 5.92 Å². The molecule has 0 bridgehead atoms. The second-order valence-corrected chi connectivity index (χ2v) is 6.53. The fraction of sp³-hybridized carbons (Fsp3) is 0.667. The fourth-order valence-electron chi connectivity index (χ4n) is 3.33. The summed E-state index contributed by atoms with van der Waals surface area (Å²) in [4.78, 5) is 4.89. The number of para-hydroxylation sites is 1. The molecule has 0 amide bonds. The lowest BCUT2D eigenvalue weighted by Crippen LogP contribution is -2.29. The first-order valence-electron chi connectivity index (χ1n) is 8.33. The van der Waals surface area contributed by atoms with E-state index in [0.717, 1.165) is 19.0 Å². The molecule has 1 aromatic rings. The predicted molar refractivity (Wildman–Crippen MR) is 92.0 cm³/mol. The second-order valence-electron chi connectivity index (χ2n) is 6.53. The summed E-state index contributed by atoms with van der Waals surface area (Å²) < 4.78 is 0. The van der Waals surface area contributed by atoms with Gasteiger partial charge >= 0.3 is 0 Å². The van der Waals surface area contributed by atoms with E-state index in [-0.39, 0.29) is 0 Å². The summed E-state index contributed by atoms with van der Waals surface area (Å²) >= 11 is 0. The van der Waals surface area contributed by atoms with Crippen LogP contribution < -0.4 is 10.2 Å². The SMILES string of the molecule is CCCNC(C)c1ccccc1N(C)CC1CCN(C)C1. The van der Waals surface area contributed by atoms with E-state index in [1.807, 2.05) is 0 Å². The molecule has 118 valence electrons. The van der Waals surface area contributed by atoms with Crippen molar-refractivity contribution in [2.45, 2.75) is 32.7 Å². The Hall–Kier alpha value is -1.06. The zero-order valence-corrected chi connectivity index (χ0v) is 14.1. The van der Waals surface area contributed by atoms with Crippen LogP contribution in [0.25, 0.3) is 0 Å². The fourth-order valence-corrected chi connectivity index (χ4v) is 3.33. The number of nitrogens with zero attached hydrogens (tertiary/aromatic N) is 2. The van der Waals surface area contributed by atoms with Crippen molar-refractivity contribution in [3.8, 4) is 0 Å². The van der Waals surface area contributed by atoms with Crippen molar-refractivity contribution in [2.24, 2.45) is 5.92 Å². The minimum atomic E-state index is 0.412. The molecule has 0 aromatic heterocycles. The van der Waals surface area contributed by atoms with Gasteiger partial charge in [-0.25, -0.2) is 0 Å². The lowest BCUT2D eigenvalue weighted by Gasteiger charge is -2.28. The Kier molecular flexibility index (Phi) is 6.07. The van der Waals surface area contributed by atoms with Crippen molar-refractivity contribution in [1.29, 1.82) is 0 Å². The maximum absolute atomic E-state index is 3.61. The van der Waals surface area contributed by atoms with Crippen molar-refractivity contribution in [1.82, 2.24) is 10.2 Å². The molecular formula is C18H31N3. The number of benzene rings is 1. The van der Waals surface area contributed by atoms with Crippen molar-refractivity contribution in [2.75, 3.05) is 45.2 Å². The molecule has 1 aromatic carbocycles. The quantitative estimate of drug-likeness (QED) is 0.832. The number of likely N-dealkylation sites (tertiary alicyclic amines) is 1. The lowest BCUT2D eigenvalue weighted by atomic mass is 10.0. The second kappa shape index (κ2) is 7.81. The van der Waals surface area contributed by atoms with Crippen LogP contribution in [0.1, 0.15) is 38.3 Å². The highest BCUT2D eigenvalue weighted by molar-refractivity contribution is 5.54. The van der Waals surface area contributed by atoms with Crippen molar-refractivity contribution in [3.63, 3.8) is 0 Å². The molecule has 1 heterocycles. The minimum absolute atomic E-state index is 0.412. The largest absolute Gasteiger partial charge is 0.374 e. The summed E-state index contributed by atoms with van der Waals surface area (Å²) in [7, 11) is 4.47. The van der Waals surface area contributed by atoms with Gasteiger partial charge in [0, 0.05) is 31.9 Å². The summed E-state index contributed by atoms with van der Waals surface area (Å²) in [6.45, 7) is 9.19. The molecule has 0 aliphatic carbocycles. The van der Waals surface area contributed by atoms with Gasteiger partial charge < -0.3 is 15.1 Å². The summed E-state index contributed by atoms with van der Waals surface area (Å²) in [6, 6.07) is 9.25. The molecule has 1 saturated heterocycles. The molecule has 3 nitrogen and oxygen atoms in total. The van der Waals surface area contributed by atoms with E-state index in [1.54, 1.807) is 0 Å². The average Bonchev–Trinajstić information content (AvgIpc) is 2.89. The molecule has 1 aliphatic heterocycles. The zero-order valence-electron chi connectivity index (χ0n) is 14.1. The molecule has 0 radical (unpaired) electrons. The highest BCUT2D eigenvalue weighted by Crippen LogP contribution is 2.27. The third kappa shape index (κ3) is 4.45. The Morgan fingerprint density at radius 2 is 2.14 bits per heavy atom. The first-order chi connectivity index (χ1) is 10.1. The maximum Gasteiger partial charge on any atom is 0.0412 e. The van der Waals surface area contributed by atoms with Gasteiger partial charge in [-0.1, -0.05) is 25.1 Å². The number of rotatable bonds is 7. The van der Waals surface area contributed by atoms with Gasteiger partial charge in [-0.3, -0.25) is 0 Å². The van der Waals surface area contributed by atoms with E-state index in [0.29, 0.717) is 6.04 Å². The number of hydrogen-bond donors (Lipinski definition) is 1. The molecule has 2 rings (SSSR count). The highest BCUT2D eigenvalue weighted by atomic mass is 15.2. The summed E-state index contributed by atoms with van der Waals surface area (Å²) in [5.41, 5.74) is 2.79. The summed E-state index contributed by atoms with van der Waals surface area (Å²) in [5.74, 6) is 0.798. The minimum Gasteiger partial charge on any atom is -0.374 e. The first-order valence-corrected chi connectivity index (χ1v) is 8.33. The maximum atomic E-state index is 3.61. The number of hydrogen-bond acceptors (Lipinski definition) is 3. The molecule has 21 heavy (non-hydrogen) atoms. The summed E-state index contributed by atoms with van der Waals surface area (Å²) in [6.07, 6.45) is 2.50. The smallest absolute Gasteiger partial charge is 0.0412 e. The number of nitrogens with one attached hydrogen (secondary N) is 1. The Bertz CT molecular complexity index is 432. The van der Waals surface area contributed by atoms with Gasteiger partial charge in [-0.2, -0.15) is 0 Å².